The van der Waals surface area contributed by atoms with Crippen molar-refractivity contribution in [2.45, 2.75) is 56.6 Å². The predicted octanol–water partition coefficient (Wildman–Crippen LogP) is 4.67. The molecule has 5 heteroatoms. The van der Waals surface area contributed by atoms with E-state index in [1.807, 2.05) is 35.4 Å². The van der Waals surface area contributed by atoms with Crippen molar-refractivity contribution in [1.29, 1.82) is 0 Å². The molecular formula is C23H27BrN2O2. The van der Waals surface area contributed by atoms with Crippen LogP contribution in [0.5, 0.6) is 0 Å². The van der Waals surface area contributed by atoms with Crippen molar-refractivity contribution in [1.82, 2.24) is 9.88 Å². The van der Waals surface area contributed by atoms with Crippen molar-refractivity contribution in [3.8, 4) is 0 Å². The minimum absolute atomic E-state index is 0.00328. The summed E-state index contributed by atoms with van der Waals surface area (Å²) in [7, 11) is 0. The third kappa shape index (κ3) is 4.64. The summed E-state index contributed by atoms with van der Waals surface area (Å²) in [6.45, 7) is 0.964. The van der Waals surface area contributed by atoms with Gasteiger partial charge in [-0.05, 0) is 54.5 Å². The van der Waals surface area contributed by atoms with Gasteiger partial charge >= 0.3 is 0 Å². The van der Waals surface area contributed by atoms with Gasteiger partial charge in [0.05, 0.1) is 5.60 Å². The minimum atomic E-state index is -0.751. The molecule has 0 saturated heterocycles. The first kappa shape index (κ1) is 19.6. The molecule has 1 aromatic heterocycles. The van der Waals surface area contributed by atoms with Crippen LogP contribution in [-0.4, -0.2) is 33.0 Å². The third-order valence-corrected chi connectivity index (χ3v) is 6.56. The van der Waals surface area contributed by atoms with E-state index < -0.39 is 5.60 Å². The third-order valence-electron chi connectivity index (χ3n) is 6.06. The molecular weight excluding hydrogens is 416 g/mol. The number of amides is 1. The number of rotatable bonds is 6. The van der Waals surface area contributed by atoms with Gasteiger partial charge in [-0.2, -0.15) is 0 Å². The van der Waals surface area contributed by atoms with Crippen LogP contribution in [0.2, 0.25) is 0 Å². The van der Waals surface area contributed by atoms with Crippen molar-refractivity contribution in [3.63, 3.8) is 0 Å². The lowest BCUT2D eigenvalue weighted by atomic mass is 9.84. The van der Waals surface area contributed by atoms with E-state index in [1.165, 1.54) is 6.42 Å². The summed E-state index contributed by atoms with van der Waals surface area (Å²) in [4.78, 5) is 19.5. The first-order valence-electron chi connectivity index (χ1n) is 10.2. The molecule has 2 aliphatic carbocycles. The van der Waals surface area contributed by atoms with Crippen molar-refractivity contribution in [3.05, 3.63) is 64.4 Å². The Morgan fingerprint density at radius 3 is 2.75 bits per heavy atom. The van der Waals surface area contributed by atoms with E-state index in [1.54, 1.807) is 6.20 Å². The van der Waals surface area contributed by atoms with Crippen LogP contribution < -0.4 is 0 Å². The van der Waals surface area contributed by atoms with Crippen molar-refractivity contribution in [2.24, 2.45) is 5.92 Å². The highest BCUT2D eigenvalue weighted by molar-refractivity contribution is 9.10. The van der Waals surface area contributed by atoms with Crippen LogP contribution in [0, 0.1) is 5.92 Å². The molecule has 4 nitrogen and oxygen atoms in total. The molecule has 2 aromatic rings. The van der Waals surface area contributed by atoms with Gasteiger partial charge in [0.1, 0.15) is 0 Å². The molecule has 28 heavy (non-hydrogen) atoms. The van der Waals surface area contributed by atoms with Crippen LogP contribution >= 0.6 is 15.9 Å². The molecule has 1 amide bonds. The second kappa shape index (κ2) is 8.34. The molecule has 0 spiro atoms. The van der Waals surface area contributed by atoms with Gasteiger partial charge in [-0.25, -0.2) is 0 Å². The molecule has 2 fully saturated rings. The van der Waals surface area contributed by atoms with Gasteiger partial charge in [-0.3, -0.25) is 9.78 Å². The summed E-state index contributed by atoms with van der Waals surface area (Å²) in [5, 5.41) is 11.1. The van der Waals surface area contributed by atoms with Crippen molar-refractivity contribution in [2.75, 3.05) is 6.54 Å². The molecule has 0 bridgehead atoms. The number of benzene rings is 1. The Labute approximate surface area is 175 Å². The van der Waals surface area contributed by atoms with Crippen LogP contribution in [0.25, 0.3) is 0 Å². The topological polar surface area (TPSA) is 53.4 Å². The van der Waals surface area contributed by atoms with Gasteiger partial charge in [0.15, 0.2) is 0 Å². The van der Waals surface area contributed by atoms with Gasteiger partial charge in [0.25, 0.3) is 0 Å². The fourth-order valence-electron chi connectivity index (χ4n) is 4.46. The lowest BCUT2D eigenvalue weighted by Crippen LogP contribution is -2.47. The van der Waals surface area contributed by atoms with Crippen molar-refractivity contribution < 1.29 is 9.90 Å². The zero-order valence-electron chi connectivity index (χ0n) is 16.1. The summed E-state index contributed by atoms with van der Waals surface area (Å²) in [6.07, 6.45) is 9.32. The maximum atomic E-state index is 13.4. The number of halogens is 1. The van der Waals surface area contributed by atoms with Crippen molar-refractivity contribution >= 4 is 21.8 Å². The number of aromatic nitrogens is 1. The number of carbonyl (C=O) groups excluding carboxylic acids is 1. The molecule has 1 heterocycles. The van der Waals surface area contributed by atoms with E-state index >= 15 is 0 Å². The summed E-state index contributed by atoms with van der Waals surface area (Å²) < 4.78 is 1.01. The normalized spacial score (nSPS) is 23.2. The van der Waals surface area contributed by atoms with E-state index in [0.717, 1.165) is 47.7 Å². The van der Waals surface area contributed by atoms with Crippen LogP contribution in [0.1, 0.15) is 55.6 Å². The summed E-state index contributed by atoms with van der Waals surface area (Å²) >= 11 is 3.52. The number of pyridine rings is 1. The highest BCUT2D eigenvalue weighted by Gasteiger charge is 2.47. The average Bonchev–Trinajstić information content (AvgIpc) is 3.49. The molecule has 148 valence electrons. The van der Waals surface area contributed by atoms with Crippen LogP contribution in [0.3, 0.4) is 0 Å². The molecule has 2 aliphatic rings. The smallest absolute Gasteiger partial charge is 0.226 e. The minimum Gasteiger partial charge on any atom is -0.388 e. The number of hydrogen-bond donors (Lipinski definition) is 1. The maximum absolute atomic E-state index is 13.4. The Morgan fingerprint density at radius 2 is 2.04 bits per heavy atom. The second-order valence-corrected chi connectivity index (χ2v) is 9.26. The molecule has 0 radical (unpaired) electrons. The fourth-order valence-corrected chi connectivity index (χ4v) is 4.90. The molecule has 0 unspecified atom stereocenters. The van der Waals surface area contributed by atoms with E-state index in [9.17, 15) is 9.90 Å². The molecule has 2 saturated carbocycles. The Bertz CT molecular complexity index is 820. The van der Waals surface area contributed by atoms with Crippen LogP contribution in [0.15, 0.2) is 53.3 Å². The summed E-state index contributed by atoms with van der Waals surface area (Å²) in [6, 6.07) is 12.1. The summed E-state index contributed by atoms with van der Waals surface area (Å²) in [5.74, 6) is 0.420. The molecule has 4 rings (SSSR count). The first-order chi connectivity index (χ1) is 13.5. The number of nitrogens with zero attached hydrogens (tertiary/aromatic N) is 2. The van der Waals surface area contributed by atoms with Crippen LogP contribution in [-0.2, 0) is 11.3 Å². The maximum Gasteiger partial charge on any atom is 0.226 e. The molecule has 2 atom stereocenters. The van der Waals surface area contributed by atoms with E-state index in [-0.39, 0.29) is 17.7 Å². The zero-order valence-corrected chi connectivity index (χ0v) is 17.6. The molecule has 1 N–H and O–H groups in total. The SMILES string of the molecule is O=C([C@H]1C[C@@H]1c1cccnc1)N(Cc1cccc(Br)c1)CC1(O)CCCCC1. The van der Waals surface area contributed by atoms with Gasteiger partial charge in [0.2, 0.25) is 5.91 Å². The van der Waals surface area contributed by atoms with Gasteiger partial charge in [-0.15, -0.1) is 0 Å². The Balaban J connectivity index is 1.51. The highest BCUT2D eigenvalue weighted by Crippen LogP contribution is 2.48. The Kier molecular flexibility index (Phi) is 5.83. The predicted molar refractivity (Wildman–Crippen MR) is 113 cm³/mol. The van der Waals surface area contributed by atoms with Gasteiger partial charge in [0, 0.05) is 35.9 Å². The molecule has 1 aromatic carbocycles. The quantitative estimate of drug-likeness (QED) is 0.706. The highest BCUT2D eigenvalue weighted by atomic mass is 79.9. The Morgan fingerprint density at radius 1 is 1.21 bits per heavy atom. The second-order valence-electron chi connectivity index (χ2n) is 8.34. The number of aliphatic hydroxyl groups is 1. The van der Waals surface area contributed by atoms with Gasteiger partial charge in [-0.1, -0.05) is 53.4 Å². The fraction of sp³-hybridized carbons (Fsp3) is 0.478. The summed E-state index contributed by atoms with van der Waals surface area (Å²) in [5.41, 5.74) is 1.47. The zero-order chi connectivity index (χ0) is 19.6. The largest absolute Gasteiger partial charge is 0.388 e. The monoisotopic (exact) mass is 442 g/mol. The Hall–Kier alpha value is -1.72. The lowest BCUT2D eigenvalue weighted by Gasteiger charge is -2.37. The number of hydrogen-bond acceptors (Lipinski definition) is 3. The standard InChI is InChI=1S/C23H27BrN2O2/c24-19-8-4-6-17(12-19)15-26(16-23(28)9-2-1-3-10-23)22(27)21-13-20(21)18-7-5-11-25-14-18/h4-8,11-12,14,20-21,28H,1-3,9-10,13,15-16H2/t20-,21+/m1/s1. The molecule has 0 aliphatic heterocycles. The lowest BCUT2D eigenvalue weighted by molar-refractivity contribution is -0.138. The average molecular weight is 443 g/mol. The number of carbonyl (C=O) groups is 1. The van der Waals surface area contributed by atoms with Gasteiger partial charge < -0.3 is 10.0 Å². The van der Waals surface area contributed by atoms with Crippen LogP contribution in [0.4, 0.5) is 0 Å². The van der Waals surface area contributed by atoms with E-state index in [4.69, 9.17) is 0 Å². The van der Waals surface area contributed by atoms with E-state index in [0.29, 0.717) is 13.1 Å². The van der Waals surface area contributed by atoms with E-state index in [2.05, 4.69) is 33.0 Å². The first-order valence-corrected chi connectivity index (χ1v) is 11.0.